The molecule has 0 atom stereocenters. The smallest absolute Gasteiger partial charge is 0.119 e. The van der Waals surface area contributed by atoms with Gasteiger partial charge in [0.05, 0.1) is 0 Å². The van der Waals surface area contributed by atoms with Crippen molar-refractivity contribution in [1.82, 2.24) is 4.90 Å². The van der Waals surface area contributed by atoms with E-state index in [4.69, 9.17) is 17.0 Å². The minimum Gasteiger partial charge on any atom is -0.489 e. The van der Waals surface area contributed by atoms with Crippen LogP contribution in [0, 0.1) is 0 Å². The number of benzene rings is 2. The summed E-state index contributed by atoms with van der Waals surface area (Å²) in [6.45, 7) is 2.74. The second kappa shape index (κ2) is 7.25. The first-order chi connectivity index (χ1) is 10.7. The fourth-order valence-corrected chi connectivity index (χ4v) is 3.13. The normalized spacial score (nSPS) is 14.1. The van der Waals surface area contributed by atoms with Crippen LogP contribution in [-0.4, -0.2) is 23.0 Å². The first-order valence-corrected chi connectivity index (χ1v) is 8.69. The summed E-state index contributed by atoms with van der Waals surface area (Å²) in [6, 6.07) is 16.3. The highest BCUT2D eigenvalue weighted by atomic mass is 79.9. The van der Waals surface area contributed by atoms with Crippen LogP contribution in [-0.2, 0) is 6.61 Å². The number of hydrogen-bond acceptors (Lipinski definition) is 2. The molecule has 0 N–H and O–H groups in total. The third-order valence-electron chi connectivity index (χ3n) is 3.81. The molecule has 3 rings (SSSR count). The summed E-state index contributed by atoms with van der Waals surface area (Å²) >= 11 is 8.99. The van der Waals surface area contributed by atoms with E-state index < -0.39 is 0 Å². The summed E-state index contributed by atoms with van der Waals surface area (Å²) in [4.78, 5) is 3.24. The standard InChI is InChI=1S/C18H18BrNOS/c19-16-7-3-14(4-8-16)13-21-17-9-5-15(6-10-17)18(22)20-11-1-2-12-20/h3-10H,1-2,11-13H2. The lowest BCUT2D eigenvalue weighted by Crippen LogP contribution is -2.26. The monoisotopic (exact) mass is 375 g/mol. The van der Waals surface area contributed by atoms with Crippen LogP contribution in [0.1, 0.15) is 24.0 Å². The quantitative estimate of drug-likeness (QED) is 0.712. The molecule has 0 radical (unpaired) electrons. The molecule has 1 aliphatic rings. The zero-order valence-corrected chi connectivity index (χ0v) is 14.7. The van der Waals surface area contributed by atoms with Gasteiger partial charge in [-0.3, -0.25) is 0 Å². The minimum absolute atomic E-state index is 0.573. The van der Waals surface area contributed by atoms with Crippen LogP contribution in [0.15, 0.2) is 53.0 Å². The molecule has 2 aromatic rings. The van der Waals surface area contributed by atoms with Gasteiger partial charge in [0.2, 0.25) is 0 Å². The van der Waals surface area contributed by atoms with Gasteiger partial charge in [0.25, 0.3) is 0 Å². The van der Waals surface area contributed by atoms with Crippen LogP contribution in [0.5, 0.6) is 5.75 Å². The fraction of sp³-hybridized carbons (Fsp3) is 0.278. The number of ether oxygens (including phenoxy) is 1. The molecule has 0 bridgehead atoms. The van der Waals surface area contributed by atoms with Gasteiger partial charge in [0, 0.05) is 23.1 Å². The Kier molecular flexibility index (Phi) is 5.11. The Morgan fingerprint density at radius 2 is 1.64 bits per heavy atom. The summed E-state index contributed by atoms with van der Waals surface area (Å²) in [7, 11) is 0. The van der Waals surface area contributed by atoms with Crippen molar-refractivity contribution in [2.75, 3.05) is 13.1 Å². The molecule has 0 amide bonds. The zero-order valence-electron chi connectivity index (χ0n) is 12.3. The molecule has 114 valence electrons. The lowest BCUT2D eigenvalue weighted by atomic mass is 10.2. The van der Waals surface area contributed by atoms with Gasteiger partial charge in [-0.05, 0) is 54.8 Å². The Labute approximate surface area is 145 Å². The van der Waals surface area contributed by atoms with Crippen molar-refractivity contribution < 1.29 is 4.74 Å². The van der Waals surface area contributed by atoms with Gasteiger partial charge in [-0.25, -0.2) is 0 Å². The number of likely N-dealkylation sites (tertiary alicyclic amines) is 1. The second-order valence-electron chi connectivity index (χ2n) is 5.44. The molecule has 22 heavy (non-hydrogen) atoms. The maximum atomic E-state index is 5.82. The molecule has 1 saturated heterocycles. The van der Waals surface area contributed by atoms with Crippen LogP contribution < -0.4 is 4.74 Å². The maximum Gasteiger partial charge on any atom is 0.119 e. The molecule has 2 aromatic carbocycles. The molecular weight excluding hydrogens is 358 g/mol. The number of hydrogen-bond donors (Lipinski definition) is 0. The van der Waals surface area contributed by atoms with Crippen molar-refractivity contribution in [2.45, 2.75) is 19.4 Å². The first-order valence-electron chi connectivity index (χ1n) is 7.49. The molecule has 2 nitrogen and oxygen atoms in total. The van der Waals surface area contributed by atoms with Gasteiger partial charge in [-0.1, -0.05) is 40.3 Å². The Bertz CT molecular complexity index is 633. The van der Waals surface area contributed by atoms with Gasteiger partial charge in [0.1, 0.15) is 17.3 Å². The van der Waals surface area contributed by atoms with E-state index in [-0.39, 0.29) is 0 Å². The molecule has 0 saturated carbocycles. The van der Waals surface area contributed by atoms with Crippen molar-refractivity contribution in [1.29, 1.82) is 0 Å². The van der Waals surface area contributed by atoms with E-state index >= 15 is 0 Å². The van der Waals surface area contributed by atoms with E-state index in [9.17, 15) is 0 Å². The number of rotatable bonds is 4. The van der Waals surface area contributed by atoms with Crippen molar-refractivity contribution >= 4 is 33.1 Å². The summed E-state index contributed by atoms with van der Waals surface area (Å²) in [5, 5.41) is 0. The van der Waals surface area contributed by atoms with Gasteiger partial charge in [-0.2, -0.15) is 0 Å². The summed E-state index contributed by atoms with van der Waals surface area (Å²) in [6.07, 6.45) is 2.49. The summed E-state index contributed by atoms with van der Waals surface area (Å²) < 4.78 is 6.90. The van der Waals surface area contributed by atoms with Crippen molar-refractivity contribution in [2.24, 2.45) is 0 Å². The summed E-state index contributed by atoms with van der Waals surface area (Å²) in [5.74, 6) is 0.871. The lowest BCUT2D eigenvalue weighted by Gasteiger charge is -2.18. The van der Waals surface area contributed by atoms with E-state index in [0.717, 1.165) is 39.4 Å². The molecule has 1 fully saturated rings. The van der Waals surface area contributed by atoms with Crippen molar-refractivity contribution in [3.8, 4) is 5.75 Å². The van der Waals surface area contributed by atoms with Gasteiger partial charge >= 0.3 is 0 Å². The number of halogens is 1. The van der Waals surface area contributed by atoms with Gasteiger partial charge in [-0.15, -0.1) is 0 Å². The SMILES string of the molecule is S=C(c1ccc(OCc2ccc(Br)cc2)cc1)N1CCCC1. The highest BCUT2D eigenvalue weighted by Gasteiger charge is 2.15. The number of nitrogens with zero attached hydrogens (tertiary/aromatic N) is 1. The van der Waals surface area contributed by atoms with Crippen LogP contribution >= 0.6 is 28.1 Å². The first kappa shape index (κ1) is 15.5. The average Bonchev–Trinajstić information content (AvgIpc) is 3.09. The average molecular weight is 376 g/mol. The molecule has 1 heterocycles. The van der Waals surface area contributed by atoms with E-state index in [1.165, 1.54) is 12.8 Å². The molecule has 0 unspecified atom stereocenters. The Morgan fingerprint density at radius 3 is 2.27 bits per heavy atom. The van der Waals surface area contributed by atoms with E-state index in [1.54, 1.807) is 0 Å². The van der Waals surface area contributed by atoms with Gasteiger partial charge < -0.3 is 9.64 Å². The van der Waals surface area contributed by atoms with Crippen LogP contribution in [0.25, 0.3) is 0 Å². The van der Waals surface area contributed by atoms with E-state index in [1.807, 2.05) is 24.3 Å². The Morgan fingerprint density at radius 1 is 1.00 bits per heavy atom. The molecule has 1 aliphatic heterocycles. The van der Waals surface area contributed by atoms with Crippen molar-refractivity contribution in [3.05, 3.63) is 64.1 Å². The second-order valence-corrected chi connectivity index (χ2v) is 6.74. The van der Waals surface area contributed by atoms with Crippen LogP contribution in [0.4, 0.5) is 0 Å². The largest absolute Gasteiger partial charge is 0.489 e. The molecule has 0 aliphatic carbocycles. The fourth-order valence-electron chi connectivity index (χ4n) is 2.54. The number of thiocarbonyl (C=S) groups is 1. The lowest BCUT2D eigenvalue weighted by molar-refractivity contribution is 0.306. The van der Waals surface area contributed by atoms with Gasteiger partial charge in [0.15, 0.2) is 0 Å². The topological polar surface area (TPSA) is 12.5 Å². The molecule has 0 aromatic heterocycles. The highest BCUT2D eigenvalue weighted by Crippen LogP contribution is 2.19. The van der Waals surface area contributed by atoms with Crippen LogP contribution in [0.2, 0.25) is 0 Å². The summed E-state index contributed by atoms with van der Waals surface area (Å²) in [5.41, 5.74) is 2.26. The Hall–Kier alpha value is -1.39. The van der Waals surface area contributed by atoms with Crippen LogP contribution in [0.3, 0.4) is 0 Å². The van der Waals surface area contributed by atoms with E-state index in [0.29, 0.717) is 6.61 Å². The predicted molar refractivity (Wildman–Crippen MR) is 97.4 cm³/mol. The third-order valence-corrected chi connectivity index (χ3v) is 4.84. The molecule has 4 heteroatoms. The molecule has 0 spiro atoms. The zero-order chi connectivity index (χ0) is 15.4. The maximum absolute atomic E-state index is 5.82. The van der Waals surface area contributed by atoms with Crippen molar-refractivity contribution in [3.63, 3.8) is 0 Å². The third kappa shape index (κ3) is 3.87. The Balaban J connectivity index is 1.59. The molecular formula is C18H18BrNOS. The highest BCUT2D eigenvalue weighted by molar-refractivity contribution is 9.10. The van der Waals surface area contributed by atoms with E-state index in [2.05, 4.69) is 45.1 Å². The minimum atomic E-state index is 0.573. The predicted octanol–water partition coefficient (Wildman–Crippen LogP) is 4.80.